The van der Waals surface area contributed by atoms with Gasteiger partial charge in [-0.2, -0.15) is 0 Å². The second-order valence-corrected chi connectivity index (χ2v) is 5.80. The lowest BCUT2D eigenvalue weighted by Crippen LogP contribution is -2.15. The van der Waals surface area contributed by atoms with Crippen molar-refractivity contribution in [3.05, 3.63) is 76.6 Å². The quantitative estimate of drug-likeness (QED) is 0.582. The molecule has 8 heteroatoms. The van der Waals surface area contributed by atoms with E-state index in [0.29, 0.717) is 6.29 Å². The van der Waals surface area contributed by atoms with Gasteiger partial charge in [-0.05, 0) is 42.5 Å². The molecule has 0 fully saturated rings. The number of hydrogen-bond donors (Lipinski definition) is 3. The highest BCUT2D eigenvalue weighted by molar-refractivity contribution is 6.23. The van der Waals surface area contributed by atoms with Crippen molar-refractivity contribution in [3.8, 4) is 0 Å². The van der Waals surface area contributed by atoms with Gasteiger partial charge in [0.25, 0.3) is 5.91 Å². The van der Waals surface area contributed by atoms with Crippen LogP contribution >= 0.6 is 0 Å². The van der Waals surface area contributed by atoms with Gasteiger partial charge in [-0.3, -0.25) is 9.59 Å². The summed E-state index contributed by atoms with van der Waals surface area (Å²) in [5, 5.41) is 21.1. The molecule has 0 spiro atoms. The van der Waals surface area contributed by atoms with Gasteiger partial charge in [-0.25, -0.2) is 14.0 Å². The summed E-state index contributed by atoms with van der Waals surface area (Å²) < 4.78 is 13.0. The first-order chi connectivity index (χ1) is 13.3. The van der Waals surface area contributed by atoms with Crippen molar-refractivity contribution < 1.29 is 33.8 Å². The number of carbonyl (C=O) groups excluding carboxylic acids is 2. The number of rotatable bonds is 5. The van der Waals surface area contributed by atoms with Gasteiger partial charge in [0.05, 0.1) is 11.1 Å². The third kappa shape index (κ3) is 3.30. The lowest BCUT2D eigenvalue weighted by atomic mass is 9.91. The zero-order valence-corrected chi connectivity index (χ0v) is 14.1. The van der Waals surface area contributed by atoms with E-state index in [9.17, 15) is 33.8 Å². The van der Waals surface area contributed by atoms with Gasteiger partial charge in [0.1, 0.15) is 5.82 Å². The van der Waals surface area contributed by atoms with Gasteiger partial charge in [0, 0.05) is 27.6 Å². The molecule has 3 aromatic rings. The van der Waals surface area contributed by atoms with Crippen LogP contribution in [0.15, 0.2) is 48.5 Å². The third-order valence-electron chi connectivity index (χ3n) is 4.13. The predicted molar refractivity (Wildman–Crippen MR) is 97.6 cm³/mol. The fraction of sp³-hybridized carbons (Fsp3) is 0. The Balaban J connectivity index is 2.27. The van der Waals surface area contributed by atoms with E-state index in [4.69, 9.17) is 0 Å². The fourth-order valence-corrected chi connectivity index (χ4v) is 2.90. The molecule has 0 radical (unpaired) electrons. The highest BCUT2D eigenvalue weighted by Crippen LogP contribution is 2.30. The van der Waals surface area contributed by atoms with E-state index in [1.54, 1.807) is 0 Å². The average molecular weight is 381 g/mol. The minimum atomic E-state index is -1.39. The first-order valence-electron chi connectivity index (χ1n) is 7.92. The van der Waals surface area contributed by atoms with Crippen molar-refractivity contribution in [2.75, 3.05) is 5.32 Å². The van der Waals surface area contributed by atoms with Crippen LogP contribution in [0.3, 0.4) is 0 Å². The van der Waals surface area contributed by atoms with Gasteiger partial charge in [-0.1, -0.05) is 6.07 Å². The number of nitrogens with one attached hydrogen (secondary N) is 1. The Kier molecular flexibility index (Phi) is 4.86. The van der Waals surface area contributed by atoms with Crippen LogP contribution in [-0.4, -0.2) is 34.3 Å². The largest absolute Gasteiger partial charge is 0.478 e. The summed E-state index contributed by atoms with van der Waals surface area (Å²) in [5.74, 6) is -4.00. The summed E-state index contributed by atoms with van der Waals surface area (Å²) in [6.07, 6.45) is 0.391. The summed E-state index contributed by atoms with van der Waals surface area (Å²) in [7, 11) is 0. The Hall–Kier alpha value is -4.07. The van der Waals surface area contributed by atoms with Crippen molar-refractivity contribution in [1.82, 2.24) is 0 Å². The molecular formula is C20H12FNO6. The summed E-state index contributed by atoms with van der Waals surface area (Å²) >= 11 is 0. The van der Waals surface area contributed by atoms with Gasteiger partial charge in [-0.15, -0.1) is 0 Å². The molecule has 1 amide bonds. The van der Waals surface area contributed by atoms with Crippen LogP contribution in [-0.2, 0) is 0 Å². The molecule has 0 heterocycles. The zero-order chi connectivity index (χ0) is 20.4. The molecule has 0 aliphatic heterocycles. The van der Waals surface area contributed by atoms with Crippen LogP contribution in [0.1, 0.15) is 41.4 Å². The van der Waals surface area contributed by atoms with Gasteiger partial charge >= 0.3 is 11.9 Å². The van der Waals surface area contributed by atoms with Gasteiger partial charge < -0.3 is 15.5 Å². The molecule has 0 aliphatic carbocycles. The van der Waals surface area contributed by atoms with Crippen molar-refractivity contribution in [3.63, 3.8) is 0 Å². The molecule has 3 aromatic carbocycles. The molecule has 7 nitrogen and oxygen atoms in total. The van der Waals surface area contributed by atoms with E-state index in [2.05, 4.69) is 5.32 Å². The Morgan fingerprint density at radius 2 is 1.32 bits per heavy atom. The molecular weight excluding hydrogens is 369 g/mol. The topological polar surface area (TPSA) is 121 Å². The normalized spacial score (nSPS) is 10.5. The van der Waals surface area contributed by atoms with Gasteiger partial charge in [0.15, 0.2) is 6.29 Å². The second-order valence-electron chi connectivity index (χ2n) is 5.80. The Labute approximate surface area is 157 Å². The Bertz CT molecular complexity index is 1140. The van der Waals surface area contributed by atoms with Crippen LogP contribution in [0.2, 0.25) is 0 Å². The summed E-state index contributed by atoms with van der Waals surface area (Å²) in [6, 6.07) is 9.52. The first kappa shape index (κ1) is 18.7. The monoisotopic (exact) mass is 381 g/mol. The van der Waals surface area contributed by atoms with Crippen LogP contribution in [0.25, 0.3) is 10.8 Å². The maximum absolute atomic E-state index is 13.0. The molecule has 0 aromatic heterocycles. The van der Waals surface area contributed by atoms with E-state index in [1.807, 2.05) is 0 Å². The van der Waals surface area contributed by atoms with Crippen molar-refractivity contribution >= 4 is 40.6 Å². The minimum absolute atomic E-state index is 0.0613. The number of amides is 1. The molecule has 0 aliphatic rings. The molecule has 3 rings (SSSR count). The Morgan fingerprint density at radius 3 is 1.89 bits per heavy atom. The zero-order valence-electron chi connectivity index (χ0n) is 14.1. The first-order valence-corrected chi connectivity index (χ1v) is 7.92. The van der Waals surface area contributed by atoms with E-state index >= 15 is 0 Å². The number of fused-ring (bicyclic) bond motifs is 1. The number of carbonyl (C=O) groups is 4. The van der Waals surface area contributed by atoms with E-state index in [0.717, 1.165) is 24.3 Å². The van der Waals surface area contributed by atoms with E-state index in [1.165, 1.54) is 24.3 Å². The van der Waals surface area contributed by atoms with E-state index in [-0.39, 0.29) is 38.7 Å². The molecule has 0 unspecified atom stereocenters. The number of anilines is 1. The van der Waals surface area contributed by atoms with Gasteiger partial charge in [0.2, 0.25) is 0 Å². The molecule has 3 N–H and O–H groups in total. The second kappa shape index (κ2) is 7.28. The predicted octanol–water partition coefficient (Wildman–Crippen LogP) is 3.44. The SMILES string of the molecule is O=Cc1ccc(C(=O)O)c2c(C(=O)Nc3ccc(F)cc3)ccc(C(=O)O)c12. The summed E-state index contributed by atoms with van der Waals surface area (Å²) in [4.78, 5) is 47.4. The molecule has 0 atom stereocenters. The maximum atomic E-state index is 13.0. The van der Waals surface area contributed by atoms with Crippen LogP contribution in [0, 0.1) is 5.82 Å². The number of aromatic carboxylic acids is 2. The molecule has 28 heavy (non-hydrogen) atoms. The van der Waals surface area contributed by atoms with Crippen molar-refractivity contribution in [2.24, 2.45) is 0 Å². The smallest absolute Gasteiger partial charge is 0.336 e. The van der Waals surface area contributed by atoms with Crippen LogP contribution in [0.4, 0.5) is 10.1 Å². The number of halogens is 1. The number of benzene rings is 3. The van der Waals surface area contributed by atoms with Crippen molar-refractivity contribution in [2.45, 2.75) is 0 Å². The highest BCUT2D eigenvalue weighted by atomic mass is 19.1. The van der Waals surface area contributed by atoms with E-state index < -0.39 is 23.7 Å². The Morgan fingerprint density at radius 1 is 0.786 bits per heavy atom. The van der Waals surface area contributed by atoms with Crippen LogP contribution < -0.4 is 5.32 Å². The lowest BCUT2D eigenvalue weighted by molar-refractivity contribution is 0.0686. The number of carboxylic acid groups (broad SMARTS) is 2. The van der Waals surface area contributed by atoms with Crippen molar-refractivity contribution in [1.29, 1.82) is 0 Å². The number of carboxylic acids is 2. The third-order valence-corrected chi connectivity index (χ3v) is 4.13. The molecule has 140 valence electrons. The molecule has 0 saturated heterocycles. The van der Waals surface area contributed by atoms with Crippen LogP contribution in [0.5, 0.6) is 0 Å². The highest BCUT2D eigenvalue weighted by Gasteiger charge is 2.23. The maximum Gasteiger partial charge on any atom is 0.336 e. The molecule has 0 bridgehead atoms. The standard InChI is InChI=1S/C20H12FNO6/c21-11-2-4-12(5-3-11)22-18(24)13-7-8-14(19(25)26)16-10(9-23)1-6-15(17(13)16)20(27)28/h1-9H,(H,22,24)(H,25,26)(H,27,28). The summed E-state index contributed by atoms with van der Waals surface area (Å²) in [6.45, 7) is 0. The minimum Gasteiger partial charge on any atom is -0.478 e. The number of aldehydes is 1. The fourth-order valence-electron chi connectivity index (χ4n) is 2.90. The molecule has 0 saturated carbocycles. The lowest BCUT2D eigenvalue weighted by Gasteiger charge is -2.13. The summed E-state index contributed by atoms with van der Waals surface area (Å²) in [5.41, 5.74) is -0.573. The average Bonchev–Trinajstić information content (AvgIpc) is 2.67. The number of hydrogen-bond acceptors (Lipinski definition) is 4.